The van der Waals surface area contributed by atoms with Crippen molar-refractivity contribution in [1.82, 2.24) is 9.80 Å². The number of hydrogen-bond acceptors (Lipinski definition) is 6. The van der Waals surface area contributed by atoms with Crippen LogP contribution >= 0.6 is 11.8 Å². The molecule has 0 bridgehead atoms. The van der Waals surface area contributed by atoms with Gasteiger partial charge in [-0.3, -0.25) is 14.6 Å². The van der Waals surface area contributed by atoms with Gasteiger partial charge in [-0.1, -0.05) is 127 Å². The largest absolute Gasteiger partial charge is 0.468 e. The number of nitrogens with zero attached hydrogens (tertiary/aromatic N) is 3. The van der Waals surface area contributed by atoms with Crippen LogP contribution in [0.25, 0.3) is 0 Å². The van der Waals surface area contributed by atoms with Crippen LogP contribution in [-0.2, 0) is 29.0 Å². The molecule has 0 aromatic heterocycles. The second-order valence-electron chi connectivity index (χ2n) is 10.6. The molecule has 0 N–H and O–H groups in total. The van der Waals surface area contributed by atoms with Crippen molar-refractivity contribution in [2.75, 3.05) is 20.2 Å². The van der Waals surface area contributed by atoms with E-state index in [1.54, 1.807) is 11.8 Å². The zero-order valence-electron chi connectivity index (χ0n) is 23.8. The summed E-state index contributed by atoms with van der Waals surface area (Å²) in [5.74, 6) is -0.785. The highest BCUT2D eigenvalue weighted by atomic mass is 32.2. The Morgan fingerprint density at radius 1 is 0.786 bits per heavy atom. The number of benzene rings is 4. The minimum Gasteiger partial charge on any atom is -0.468 e. The Bertz CT molecular complexity index is 1490. The van der Waals surface area contributed by atoms with Crippen molar-refractivity contribution in [3.05, 3.63) is 149 Å². The van der Waals surface area contributed by atoms with Gasteiger partial charge in [0.25, 0.3) is 0 Å². The summed E-state index contributed by atoms with van der Waals surface area (Å²) in [5, 5.41) is 0.910. The van der Waals surface area contributed by atoms with E-state index < -0.39 is 11.6 Å². The van der Waals surface area contributed by atoms with E-state index in [2.05, 4.69) is 88.7 Å². The molecule has 6 heteroatoms. The van der Waals surface area contributed by atoms with Crippen molar-refractivity contribution in [1.29, 1.82) is 0 Å². The van der Waals surface area contributed by atoms with Gasteiger partial charge in [-0.2, -0.15) is 0 Å². The number of aliphatic imine (C=N–C) groups is 1. The van der Waals surface area contributed by atoms with Crippen LogP contribution in [0.15, 0.2) is 137 Å². The molecule has 0 radical (unpaired) electrons. The standard InChI is InChI=1S/C36H35N3O2S/c1-41-34(40)33-32(23-22-28-14-6-2-7-15-28)42-35(37-31-20-12-5-13-21-31)36(33)38(26-29-16-8-3-9-17-29)24-25-39(36)27-30-18-10-4-11-19-30/h2-21,23,33H,22,24-27H2,1H3/b32-23+,37-35?/t33-/m1/s1. The molecular weight excluding hydrogens is 538 g/mol. The second kappa shape index (κ2) is 12.9. The average molecular weight is 574 g/mol. The molecule has 6 rings (SSSR count). The van der Waals surface area contributed by atoms with E-state index >= 15 is 0 Å². The number of ether oxygens (including phenoxy) is 1. The lowest BCUT2D eigenvalue weighted by molar-refractivity contribution is -0.150. The Kier molecular flexibility index (Phi) is 8.65. The van der Waals surface area contributed by atoms with E-state index in [1.165, 1.54) is 23.8 Å². The molecule has 1 atom stereocenters. The number of para-hydroxylation sites is 1. The number of carbonyl (C=O) groups excluding carboxylic acids is 1. The molecule has 4 aromatic carbocycles. The summed E-state index contributed by atoms with van der Waals surface area (Å²) in [7, 11) is 1.50. The molecule has 212 valence electrons. The first-order chi connectivity index (χ1) is 20.7. The first kappa shape index (κ1) is 28.2. The predicted molar refractivity (Wildman–Crippen MR) is 171 cm³/mol. The first-order valence-electron chi connectivity index (χ1n) is 14.4. The van der Waals surface area contributed by atoms with E-state index in [0.717, 1.165) is 35.1 Å². The Morgan fingerprint density at radius 3 is 1.76 bits per heavy atom. The molecule has 2 aliphatic rings. The number of carbonyl (C=O) groups is 1. The molecule has 5 nitrogen and oxygen atoms in total. The monoisotopic (exact) mass is 573 g/mol. The molecule has 2 saturated heterocycles. The van der Waals surface area contributed by atoms with Crippen molar-refractivity contribution >= 4 is 28.5 Å². The summed E-state index contributed by atoms with van der Waals surface area (Å²) >= 11 is 1.63. The summed E-state index contributed by atoms with van der Waals surface area (Å²) in [6.07, 6.45) is 2.93. The zero-order valence-corrected chi connectivity index (χ0v) is 24.6. The summed E-state index contributed by atoms with van der Waals surface area (Å²) < 4.78 is 5.60. The van der Waals surface area contributed by atoms with Crippen molar-refractivity contribution in [3.63, 3.8) is 0 Å². The van der Waals surface area contributed by atoms with Crippen molar-refractivity contribution in [2.45, 2.75) is 25.2 Å². The van der Waals surface area contributed by atoms with Crippen LogP contribution in [0.5, 0.6) is 0 Å². The van der Waals surface area contributed by atoms with E-state index in [1.807, 2.05) is 48.5 Å². The third-order valence-electron chi connectivity index (χ3n) is 8.06. The van der Waals surface area contributed by atoms with E-state index in [9.17, 15) is 4.79 Å². The summed E-state index contributed by atoms with van der Waals surface area (Å²) in [6.45, 7) is 2.99. The summed E-state index contributed by atoms with van der Waals surface area (Å²) in [5.41, 5.74) is 3.67. The Balaban J connectivity index is 1.53. The maximum Gasteiger partial charge on any atom is 0.317 e. The number of thioether (sulfide) groups is 1. The quantitative estimate of drug-likeness (QED) is 0.211. The molecule has 42 heavy (non-hydrogen) atoms. The minimum atomic E-state index is -0.804. The van der Waals surface area contributed by atoms with Crippen molar-refractivity contribution in [2.24, 2.45) is 10.9 Å². The normalized spacial score (nSPS) is 20.5. The smallest absolute Gasteiger partial charge is 0.317 e. The third-order valence-corrected chi connectivity index (χ3v) is 9.28. The molecule has 2 heterocycles. The third kappa shape index (κ3) is 5.71. The fraction of sp³-hybridized carbons (Fsp3) is 0.222. The van der Waals surface area contributed by atoms with Gasteiger partial charge in [0.15, 0.2) is 0 Å². The van der Waals surface area contributed by atoms with Crippen LogP contribution in [0.2, 0.25) is 0 Å². The van der Waals surface area contributed by atoms with E-state index in [-0.39, 0.29) is 5.97 Å². The first-order valence-corrected chi connectivity index (χ1v) is 15.2. The van der Waals surface area contributed by atoms with Crippen LogP contribution in [0.1, 0.15) is 16.7 Å². The second-order valence-corrected chi connectivity index (χ2v) is 11.7. The van der Waals surface area contributed by atoms with Gasteiger partial charge >= 0.3 is 5.97 Å². The Labute approximate surface area is 252 Å². The van der Waals surface area contributed by atoms with Crippen molar-refractivity contribution < 1.29 is 9.53 Å². The van der Waals surface area contributed by atoms with Gasteiger partial charge in [-0.15, -0.1) is 0 Å². The molecule has 0 aliphatic carbocycles. The van der Waals surface area contributed by atoms with Gasteiger partial charge < -0.3 is 4.74 Å². The molecule has 0 unspecified atom stereocenters. The Hall–Kier alpha value is -3.97. The van der Waals surface area contributed by atoms with Gasteiger partial charge in [-0.05, 0) is 35.2 Å². The molecule has 0 saturated carbocycles. The molecular formula is C36H35N3O2S. The highest BCUT2D eigenvalue weighted by Crippen LogP contribution is 2.54. The average Bonchev–Trinajstić information content (AvgIpc) is 3.55. The van der Waals surface area contributed by atoms with Crippen LogP contribution in [0.3, 0.4) is 0 Å². The molecule has 2 fully saturated rings. The lowest BCUT2D eigenvalue weighted by atomic mass is 9.88. The van der Waals surface area contributed by atoms with Crippen LogP contribution in [-0.4, -0.2) is 46.7 Å². The molecule has 0 amide bonds. The fourth-order valence-electron chi connectivity index (χ4n) is 6.11. The SMILES string of the molecule is COC(=O)[C@H]1/C(=C\Cc2ccccc2)SC(=Nc2ccccc2)C12N(Cc1ccccc1)CCN2Cc1ccccc1. The minimum absolute atomic E-state index is 0.238. The van der Waals surface area contributed by atoms with Crippen LogP contribution < -0.4 is 0 Å². The lowest BCUT2D eigenvalue weighted by Crippen LogP contribution is -2.62. The van der Waals surface area contributed by atoms with Crippen LogP contribution in [0, 0.1) is 5.92 Å². The number of esters is 1. The Morgan fingerprint density at radius 2 is 1.26 bits per heavy atom. The van der Waals surface area contributed by atoms with Gasteiger partial charge in [0.05, 0.1) is 12.8 Å². The van der Waals surface area contributed by atoms with Gasteiger partial charge in [-0.25, -0.2) is 4.99 Å². The fourth-order valence-corrected chi connectivity index (χ4v) is 7.55. The van der Waals surface area contributed by atoms with Crippen LogP contribution in [0.4, 0.5) is 5.69 Å². The number of hydrogen-bond donors (Lipinski definition) is 0. The molecule has 4 aromatic rings. The van der Waals surface area contributed by atoms with E-state index in [0.29, 0.717) is 13.1 Å². The topological polar surface area (TPSA) is 45.1 Å². The van der Waals surface area contributed by atoms with Gasteiger partial charge in [0, 0.05) is 31.1 Å². The maximum atomic E-state index is 14.0. The number of rotatable bonds is 8. The van der Waals surface area contributed by atoms with Crippen molar-refractivity contribution in [3.8, 4) is 0 Å². The molecule has 2 aliphatic heterocycles. The maximum absolute atomic E-state index is 14.0. The van der Waals surface area contributed by atoms with Gasteiger partial charge in [0.1, 0.15) is 16.6 Å². The van der Waals surface area contributed by atoms with Gasteiger partial charge in [0.2, 0.25) is 0 Å². The number of methoxy groups -OCH3 is 1. The summed E-state index contributed by atoms with van der Waals surface area (Å²) in [4.78, 5) is 25.2. The highest BCUT2D eigenvalue weighted by Gasteiger charge is 2.64. The summed E-state index contributed by atoms with van der Waals surface area (Å²) in [6, 6.07) is 41.5. The molecule has 1 spiro atoms. The zero-order chi connectivity index (χ0) is 28.8. The van der Waals surface area contributed by atoms with E-state index in [4.69, 9.17) is 9.73 Å². The highest BCUT2D eigenvalue weighted by molar-refractivity contribution is 8.18. The number of allylic oxidation sites excluding steroid dienone is 1. The lowest BCUT2D eigenvalue weighted by Gasteiger charge is -2.44. The predicted octanol–water partition coefficient (Wildman–Crippen LogP) is 7.09.